The van der Waals surface area contributed by atoms with Gasteiger partial charge in [0.2, 0.25) is 5.91 Å². The zero-order chi connectivity index (χ0) is 19.6. The van der Waals surface area contributed by atoms with Gasteiger partial charge in [-0.3, -0.25) is 4.79 Å². The molecule has 1 aromatic rings. The zero-order valence-electron chi connectivity index (χ0n) is 16.7. The number of carbonyl (C=O) groups is 2. The molecule has 1 heterocycles. The summed E-state index contributed by atoms with van der Waals surface area (Å²) in [5, 5.41) is 5.51. The summed E-state index contributed by atoms with van der Waals surface area (Å²) in [5.74, 6) is 0.831. The molecule has 150 valence electrons. The van der Waals surface area contributed by atoms with Gasteiger partial charge in [-0.1, -0.05) is 25.5 Å². The number of anilines is 1. The Balaban J connectivity index is 1.84. The van der Waals surface area contributed by atoms with E-state index in [1.165, 1.54) is 0 Å². The second-order valence-electron chi connectivity index (χ2n) is 6.69. The second-order valence-corrected chi connectivity index (χ2v) is 6.69. The van der Waals surface area contributed by atoms with Crippen molar-refractivity contribution in [3.05, 3.63) is 24.3 Å². The van der Waals surface area contributed by atoms with E-state index in [0.717, 1.165) is 37.4 Å². The predicted octanol–water partition coefficient (Wildman–Crippen LogP) is 2.22. The lowest BCUT2D eigenvalue weighted by atomic mass is 10.2. The molecule has 2 rings (SSSR count). The third-order valence-electron chi connectivity index (χ3n) is 4.63. The van der Waals surface area contributed by atoms with Crippen LogP contribution in [-0.2, 0) is 4.79 Å². The summed E-state index contributed by atoms with van der Waals surface area (Å²) in [6.07, 6.45) is 1.95. The Morgan fingerprint density at radius 1 is 1.15 bits per heavy atom. The molecule has 3 amide bonds. The summed E-state index contributed by atoms with van der Waals surface area (Å²) < 4.78 is 5.71. The fourth-order valence-corrected chi connectivity index (χ4v) is 3.13. The summed E-state index contributed by atoms with van der Waals surface area (Å²) in [6, 6.07) is 7.17. The van der Waals surface area contributed by atoms with Crippen molar-refractivity contribution in [3.63, 3.8) is 0 Å². The minimum Gasteiger partial charge on any atom is -0.492 e. The summed E-state index contributed by atoms with van der Waals surface area (Å²) in [4.78, 5) is 28.5. The number of nitrogens with one attached hydrogen (secondary N) is 2. The van der Waals surface area contributed by atoms with Crippen molar-refractivity contribution >= 4 is 17.6 Å². The molecule has 1 fully saturated rings. The molecule has 0 radical (unpaired) electrons. The molecule has 1 aromatic carbocycles. The van der Waals surface area contributed by atoms with E-state index in [1.54, 1.807) is 6.92 Å². The highest BCUT2D eigenvalue weighted by Gasteiger charge is 2.26. The van der Waals surface area contributed by atoms with E-state index in [1.807, 2.05) is 36.1 Å². The Hall–Kier alpha value is -2.44. The van der Waals surface area contributed by atoms with Gasteiger partial charge in [0.05, 0.1) is 12.3 Å². The van der Waals surface area contributed by atoms with E-state index in [0.29, 0.717) is 26.2 Å². The first kappa shape index (κ1) is 20.9. The van der Waals surface area contributed by atoms with Gasteiger partial charge < -0.3 is 25.2 Å². The number of unbranched alkanes of at least 4 members (excludes halogenated alkanes) is 1. The molecule has 1 atom stereocenters. The molecule has 0 aliphatic carbocycles. The van der Waals surface area contributed by atoms with E-state index in [9.17, 15) is 9.59 Å². The number of hydrogen-bond donors (Lipinski definition) is 2. The highest BCUT2D eigenvalue weighted by Crippen LogP contribution is 2.28. The van der Waals surface area contributed by atoms with Crippen molar-refractivity contribution < 1.29 is 14.3 Å². The Morgan fingerprint density at radius 3 is 2.52 bits per heavy atom. The van der Waals surface area contributed by atoms with E-state index >= 15 is 0 Å². The van der Waals surface area contributed by atoms with Crippen LogP contribution in [0, 0.1) is 0 Å². The van der Waals surface area contributed by atoms with E-state index < -0.39 is 6.04 Å². The fourth-order valence-electron chi connectivity index (χ4n) is 3.13. The molecule has 1 aliphatic rings. The van der Waals surface area contributed by atoms with Gasteiger partial charge in [-0.2, -0.15) is 0 Å². The molecule has 2 N–H and O–H groups in total. The third kappa shape index (κ3) is 6.05. The Bertz CT molecular complexity index is 615. The van der Waals surface area contributed by atoms with E-state index in [-0.39, 0.29) is 11.9 Å². The van der Waals surface area contributed by atoms with Crippen molar-refractivity contribution in [2.75, 3.05) is 44.2 Å². The monoisotopic (exact) mass is 376 g/mol. The van der Waals surface area contributed by atoms with Gasteiger partial charge in [0.1, 0.15) is 11.8 Å². The SMILES string of the molecule is CCCCNC(=O)NC(C)C(=O)N1CCN(c2ccccc2OCC)CC1. The number of urea groups is 1. The van der Waals surface area contributed by atoms with Crippen molar-refractivity contribution in [2.45, 2.75) is 39.7 Å². The van der Waals surface area contributed by atoms with Gasteiger partial charge >= 0.3 is 6.03 Å². The smallest absolute Gasteiger partial charge is 0.315 e. The lowest BCUT2D eigenvalue weighted by Crippen LogP contribution is -2.55. The molecule has 0 aromatic heterocycles. The van der Waals surface area contributed by atoms with Crippen LogP contribution in [0.4, 0.5) is 10.5 Å². The third-order valence-corrected chi connectivity index (χ3v) is 4.63. The molecular weight excluding hydrogens is 344 g/mol. The molecule has 1 aliphatic heterocycles. The van der Waals surface area contributed by atoms with Gasteiger partial charge in [0.15, 0.2) is 0 Å². The van der Waals surface area contributed by atoms with Crippen LogP contribution in [0.25, 0.3) is 0 Å². The Kier molecular flexibility index (Phi) is 8.23. The maximum absolute atomic E-state index is 12.6. The minimum absolute atomic E-state index is 0.0432. The first-order valence-electron chi connectivity index (χ1n) is 9.86. The van der Waals surface area contributed by atoms with Crippen LogP contribution in [0.1, 0.15) is 33.6 Å². The molecule has 0 saturated carbocycles. The highest BCUT2D eigenvalue weighted by atomic mass is 16.5. The molecular formula is C20H32N4O3. The number of nitrogens with zero attached hydrogens (tertiary/aromatic N) is 2. The topological polar surface area (TPSA) is 73.9 Å². The van der Waals surface area contributed by atoms with Crippen LogP contribution in [0.2, 0.25) is 0 Å². The number of rotatable bonds is 8. The number of carbonyl (C=O) groups excluding carboxylic acids is 2. The fraction of sp³-hybridized carbons (Fsp3) is 0.600. The van der Waals surface area contributed by atoms with Crippen molar-refractivity contribution in [1.82, 2.24) is 15.5 Å². The number of para-hydroxylation sites is 2. The van der Waals surface area contributed by atoms with Crippen molar-refractivity contribution in [3.8, 4) is 5.75 Å². The number of benzene rings is 1. The standard InChI is InChI=1S/C20H32N4O3/c1-4-6-11-21-20(26)22-16(3)19(25)24-14-12-23(13-15-24)17-9-7-8-10-18(17)27-5-2/h7-10,16H,4-6,11-15H2,1-3H3,(H2,21,22,26). The summed E-state index contributed by atoms with van der Waals surface area (Å²) in [6.45, 7) is 9.76. The maximum atomic E-state index is 12.6. The summed E-state index contributed by atoms with van der Waals surface area (Å²) in [5.41, 5.74) is 1.06. The second kappa shape index (κ2) is 10.6. The van der Waals surface area contributed by atoms with Crippen molar-refractivity contribution in [1.29, 1.82) is 0 Å². The van der Waals surface area contributed by atoms with Gasteiger partial charge in [-0.05, 0) is 32.4 Å². The van der Waals surface area contributed by atoms with Crippen LogP contribution >= 0.6 is 0 Å². The molecule has 1 unspecified atom stereocenters. The number of amides is 3. The lowest BCUT2D eigenvalue weighted by molar-refractivity contribution is -0.133. The Labute approximate surface area is 162 Å². The van der Waals surface area contributed by atoms with E-state index in [4.69, 9.17) is 4.74 Å². The predicted molar refractivity (Wildman–Crippen MR) is 107 cm³/mol. The van der Waals surface area contributed by atoms with Crippen LogP contribution < -0.4 is 20.3 Å². The van der Waals surface area contributed by atoms with Crippen LogP contribution in [0.15, 0.2) is 24.3 Å². The van der Waals surface area contributed by atoms with Gasteiger partial charge in [0, 0.05) is 32.7 Å². The summed E-state index contributed by atoms with van der Waals surface area (Å²) in [7, 11) is 0. The van der Waals surface area contributed by atoms with Crippen LogP contribution in [-0.4, -0.2) is 62.2 Å². The summed E-state index contributed by atoms with van der Waals surface area (Å²) >= 11 is 0. The lowest BCUT2D eigenvalue weighted by Gasteiger charge is -2.37. The minimum atomic E-state index is -0.533. The van der Waals surface area contributed by atoms with Gasteiger partial charge in [-0.25, -0.2) is 4.79 Å². The molecule has 0 bridgehead atoms. The van der Waals surface area contributed by atoms with Crippen molar-refractivity contribution in [2.24, 2.45) is 0 Å². The number of hydrogen-bond acceptors (Lipinski definition) is 4. The van der Waals surface area contributed by atoms with E-state index in [2.05, 4.69) is 22.5 Å². The van der Waals surface area contributed by atoms with Crippen LogP contribution in [0.5, 0.6) is 5.75 Å². The number of ether oxygens (including phenoxy) is 1. The number of piperazine rings is 1. The quantitative estimate of drug-likeness (QED) is 0.683. The maximum Gasteiger partial charge on any atom is 0.315 e. The zero-order valence-corrected chi connectivity index (χ0v) is 16.7. The normalized spacial score (nSPS) is 15.2. The molecule has 1 saturated heterocycles. The highest BCUT2D eigenvalue weighted by molar-refractivity contribution is 5.86. The van der Waals surface area contributed by atoms with Crippen LogP contribution in [0.3, 0.4) is 0 Å². The largest absolute Gasteiger partial charge is 0.492 e. The average molecular weight is 377 g/mol. The Morgan fingerprint density at radius 2 is 1.85 bits per heavy atom. The molecule has 0 spiro atoms. The average Bonchev–Trinajstić information content (AvgIpc) is 2.68. The molecule has 27 heavy (non-hydrogen) atoms. The first-order chi connectivity index (χ1) is 13.1. The van der Waals surface area contributed by atoms with Gasteiger partial charge in [-0.15, -0.1) is 0 Å². The van der Waals surface area contributed by atoms with Gasteiger partial charge in [0.25, 0.3) is 0 Å². The molecule has 7 nitrogen and oxygen atoms in total. The molecule has 7 heteroatoms. The first-order valence-corrected chi connectivity index (χ1v) is 9.86.